The van der Waals surface area contributed by atoms with Gasteiger partial charge in [-0.25, -0.2) is 14.1 Å². The molecule has 5 nitrogen and oxygen atoms in total. The number of pyridine rings is 1. The van der Waals surface area contributed by atoms with Crippen molar-refractivity contribution in [3.8, 4) is 16.9 Å². The predicted octanol–water partition coefficient (Wildman–Crippen LogP) is 6.42. The third kappa shape index (κ3) is 4.68. The third-order valence-electron chi connectivity index (χ3n) is 5.26. The number of hydrogen-bond donors (Lipinski definition) is 1. The highest BCUT2D eigenvalue weighted by Crippen LogP contribution is 2.53. The molecule has 2 aromatic heterocycles. The lowest BCUT2D eigenvalue weighted by Crippen LogP contribution is -2.50. The standard InChI is InChI=1S/C21H13Cl2F7N4O/c22-15-4-1-10(5-14(15)18(35)33-13-2-3-13)11-7-32-34(9-11)17-16(23)6-12(8-31-17)19(24,20(25,26)27)21(28,29)30/h1,4-9,13H,2-3H2,(H,33,35). The first-order chi connectivity index (χ1) is 16.2. The van der Waals surface area contributed by atoms with Crippen LogP contribution in [0.4, 0.5) is 30.7 Å². The van der Waals surface area contributed by atoms with Crippen LogP contribution >= 0.6 is 23.2 Å². The van der Waals surface area contributed by atoms with E-state index in [0.29, 0.717) is 11.1 Å². The maximum Gasteiger partial charge on any atom is 0.436 e. The Bertz CT molecular complexity index is 1270. The number of carbonyl (C=O) groups is 1. The van der Waals surface area contributed by atoms with Crippen LogP contribution in [0, 0.1) is 0 Å². The van der Waals surface area contributed by atoms with E-state index in [1.807, 2.05) is 0 Å². The van der Waals surface area contributed by atoms with Gasteiger partial charge in [-0.2, -0.15) is 31.4 Å². The molecule has 0 spiro atoms. The Hall–Kier alpha value is -2.86. The molecule has 0 aliphatic heterocycles. The van der Waals surface area contributed by atoms with Gasteiger partial charge in [-0.15, -0.1) is 0 Å². The van der Waals surface area contributed by atoms with E-state index < -0.39 is 28.6 Å². The van der Waals surface area contributed by atoms with Crippen LogP contribution in [0.1, 0.15) is 28.8 Å². The van der Waals surface area contributed by atoms with Crippen molar-refractivity contribution in [3.63, 3.8) is 0 Å². The van der Waals surface area contributed by atoms with Crippen molar-refractivity contribution in [2.75, 3.05) is 0 Å². The third-order valence-corrected chi connectivity index (χ3v) is 5.86. The normalized spacial score (nSPS) is 14.8. The summed E-state index contributed by atoms with van der Waals surface area (Å²) in [5, 5.41) is 6.28. The van der Waals surface area contributed by atoms with E-state index in [-0.39, 0.29) is 40.6 Å². The largest absolute Gasteiger partial charge is 0.436 e. The smallest absolute Gasteiger partial charge is 0.349 e. The number of carbonyl (C=O) groups excluding carboxylic acids is 1. The molecule has 0 radical (unpaired) electrons. The molecule has 35 heavy (non-hydrogen) atoms. The summed E-state index contributed by atoms with van der Waals surface area (Å²) >= 11 is 12.0. The van der Waals surface area contributed by atoms with E-state index in [2.05, 4.69) is 15.4 Å². The molecule has 14 heteroatoms. The minimum absolute atomic E-state index is 0.0962. The maximum absolute atomic E-state index is 14.3. The average Bonchev–Trinajstić information content (AvgIpc) is 3.44. The summed E-state index contributed by atoms with van der Waals surface area (Å²) in [6.07, 6.45) is -8.11. The Kier molecular flexibility index (Phi) is 6.25. The van der Waals surface area contributed by atoms with E-state index >= 15 is 0 Å². The zero-order valence-electron chi connectivity index (χ0n) is 17.2. The molecular formula is C21H13Cl2F7N4O. The van der Waals surface area contributed by atoms with Crippen molar-refractivity contribution in [1.29, 1.82) is 0 Å². The van der Waals surface area contributed by atoms with Crippen LogP contribution < -0.4 is 5.32 Å². The molecule has 3 aromatic rings. The molecule has 1 N–H and O–H groups in total. The monoisotopic (exact) mass is 540 g/mol. The summed E-state index contributed by atoms with van der Waals surface area (Å²) in [6.45, 7) is 0. The van der Waals surface area contributed by atoms with Crippen LogP contribution in [0.2, 0.25) is 10.0 Å². The van der Waals surface area contributed by atoms with E-state index in [4.69, 9.17) is 23.2 Å². The van der Waals surface area contributed by atoms with Gasteiger partial charge in [0.15, 0.2) is 5.82 Å². The second-order valence-corrected chi connectivity index (χ2v) is 8.61. The Morgan fingerprint density at radius 1 is 0.943 bits per heavy atom. The van der Waals surface area contributed by atoms with Gasteiger partial charge in [0, 0.05) is 29.6 Å². The average molecular weight is 541 g/mol. The van der Waals surface area contributed by atoms with E-state index in [0.717, 1.165) is 17.5 Å². The van der Waals surface area contributed by atoms with Crippen LogP contribution in [0.5, 0.6) is 0 Å². The van der Waals surface area contributed by atoms with Gasteiger partial charge < -0.3 is 5.32 Å². The number of nitrogens with zero attached hydrogens (tertiary/aromatic N) is 3. The number of halogens is 9. The lowest BCUT2D eigenvalue weighted by atomic mass is 9.96. The van der Waals surface area contributed by atoms with Crippen LogP contribution in [-0.2, 0) is 5.67 Å². The van der Waals surface area contributed by atoms with Crippen molar-refractivity contribution in [1.82, 2.24) is 20.1 Å². The summed E-state index contributed by atoms with van der Waals surface area (Å²) in [7, 11) is 0. The van der Waals surface area contributed by atoms with Crippen molar-refractivity contribution >= 4 is 29.1 Å². The van der Waals surface area contributed by atoms with Gasteiger partial charge in [-0.3, -0.25) is 4.79 Å². The molecule has 0 saturated heterocycles. The van der Waals surface area contributed by atoms with Crippen molar-refractivity contribution in [2.45, 2.75) is 36.9 Å². The lowest BCUT2D eigenvalue weighted by molar-refractivity contribution is -0.348. The molecule has 4 rings (SSSR count). The Morgan fingerprint density at radius 3 is 2.17 bits per heavy atom. The molecule has 1 saturated carbocycles. The van der Waals surface area contributed by atoms with Gasteiger partial charge in [0.25, 0.3) is 5.91 Å². The van der Waals surface area contributed by atoms with E-state index in [1.165, 1.54) is 24.5 Å². The van der Waals surface area contributed by atoms with Crippen LogP contribution in [0.3, 0.4) is 0 Å². The first-order valence-electron chi connectivity index (χ1n) is 9.86. The molecule has 186 valence electrons. The molecule has 0 unspecified atom stereocenters. The number of rotatable bonds is 5. The molecule has 0 atom stereocenters. The van der Waals surface area contributed by atoms with E-state index in [1.54, 1.807) is 6.07 Å². The van der Waals surface area contributed by atoms with Crippen molar-refractivity contribution in [2.24, 2.45) is 0 Å². The van der Waals surface area contributed by atoms with Crippen molar-refractivity contribution in [3.05, 3.63) is 64.0 Å². The first kappa shape index (κ1) is 25.2. The molecule has 0 bridgehead atoms. The number of nitrogens with one attached hydrogen (secondary N) is 1. The molecule has 1 aromatic carbocycles. The predicted molar refractivity (Wildman–Crippen MR) is 112 cm³/mol. The lowest BCUT2D eigenvalue weighted by Gasteiger charge is -2.30. The SMILES string of the molecule is O=C(NC1CC1)c1cc(-c2cnn(-c3ncc(C(F)(C(F)(F)F)C(F)(F)F)cc3Cl)c2)ccc1Cl. The van der Waals surface area contributed by atoms with Crippen LogP contribution in [0.25, 0.3) is 16.9 Å². The number of amides is 1. The van der Waals surface area contributed by atoms with Gasteiger partial charge in [0.2, 0.25) is 0 Å². The maximum atomic E-state index is 14.3. The van der Waals surface area contributed by atoms with Crippen LogP contribution in [-0.4, -0.2) is 39.1 Å². The number of alkyl halides is 7. The second kappa shape index (κ2) is 8.66. The fraction of sp³-hybridized carbons (Fsp3) is 0.286. The molecular weight excluding hydrogens is 528 g/mol. The molecule has 1 aliphatic carbocycles. The summed E-state index contributed by atoms with van der Waals surface area (Å²) in [6, 6.07) is 4.88. The van der Waals surface area contributed by atoms with Gasteiger partial charge in [-0.1, -0.05) is 29.3 Å². The highest BCUT2D eigenvalue weighted by atomic mass is 35.5. The quantitative estimate of drug-likeness (QED) is 0.380. The minimum Gasteiger partial charge on any atom is -0.349 e. The molecule has 2 heterocycles. The number of benzene rings is 1. The summed E-state index contributed by atoms with van der Waals surface area (Å²) < 4.78 is 93.3. The first-order valence-corrected chi connectivity index (χ1v) is 10.6. The zero-order chi connectivity index (χ0) is 25.8. The Balaban J connectivity index is 1.66. The zero-order valence-corrected chi connectivity index (χ0v) is 18.7. The number of aromatic nitrogens is 3. The fourth-order valence-corrected chi connectivity index (χ4v) is 3.69. The second-order valence-electron chi connectivity index (χ2n) is 7.80. The molecule has 1 fully saturated rings. The van der Waals surface area contributed by atoms with Gasteiger partial charge in [0.1, 0.15) is 0 Å². The molecule has 1 amide bonds. The van der Waals surface area contributed by atoms with Gasteiger partial charge in [-0.05, 0) is 36.6 Å². The van der Waals surface area contributed by atoms with Crippen molar-refractivity contribution < 1.29 is 35.5 Å². The Morgan fingerprint density at radius 2 is 1.60 bits per heavy atom. The highest BCUT2D eigenvalue weighted by molar-refractivity contribution is 6.34. The summed E-state index contributed by atoms with van der Waals surface area (Å²) in [4.78, 5) is 15.9. The summed E-state index contributed by atoms with van der Waals surface area (Å²) in [5.74, 6) is -0.704. The summed E-state index contributed by atoms with van der Waals surface area (Å²) in [5.41, 5.74) is -6.36. The highest BCUT2D eigenvalue weighted by Gasteiger charge is 2.73. The topological polar surface area (TPSA) is 59.8 Å². The minimum atomic E-state index is -6.30. The molecule has 1 aliphatic rings. The van der Waals surface area contributed by atoms with E-state index in [9.17, 15) is 35.5 Å². The number of hydrogen-bond acceptors (Lipinski definition) is 3. The van der Waals surface area contributed by atoms with Gasteiger partial charge >= 0.3 is 18.0 Å². The Labute approximate surface area is 202 Å². The van der Waals surface area contributed by atoms with Crippen LogP contribution in [0.15, 0.2) is 42.9 Å². The van der Waals surface area contributed by atoms with Gasteiger partial charge in [0.05, 0.1) is 21.8 Å². The fourth-order valence-electron chi connectivity index (χ4n) is 3.23.